The Labute approximate surface area is 301 Å². The lowest BCUT2D eigenvalue weighted by atomic mass is 10.0. The van der Waals surface area contributed by atoms with E-state index in [1.807, 2.05) is 32.0 Å². The number of sulfonamides is 1. The SMILES string of the molecule is C=C[C@@H]1C[C@]1(NC(=O)[C@@H]1C[C@@H](Oc2nccc3cc(OC)ccc23)CN1C(=O)C(Nc1nc(OC)cc(OC)n1)C(C)C)C(=O)NS(=O)(=O)C1CC1. The van der Waals surface area contributed by atoms with Crippen molar-refractivity contribution in [3.63, 3.8) is 0 Å². The molecular weight excluding hydrogens is 694 g/mol. The molecule has 1 aromatic carbocycles. The number of methoxy groups -OCH3 is 3. The van der Waals surface area contributed by atoms with Crippen LogP contribution in [0.3, 0.4) is 0 Å². The number of nitrogens with zero attached hydrogens (tertiary/aromatic N) is 4. The minimum absolute atomic E-state index is 0.00151. The summed E-state index contributed by atoms with van der Waals surface area (Å²) in [7, 11) is 0.567. The second-order valence-corrected chi connectivity index (χ2v) is 15.5. The van der Waals surface area contributed by atoms with Gasteiger partial charge in [0.1, 0.15) is 29.5 Å². The molecule has 0 spiro atoms. The molecule has 3 fully saturated rings. The lowest BCUT2D eigenvalue weighted by molar-refractivity contribution is -0.140. The standard InChI is InChI=1S/C35H43N7O9S/c1-7-21-17-35(21,33(45)41-52(46,47)24-9-10-24)40-30(43)26-15-23(51-31-25-11-8-22(48-4)14-20(25)12-13-36-31)18-42(26)32(44)29(19(2)3)39-34-37-27(49-5)16-28(38-34)50-6/h7-8,11-14,16,19,21,23-24,26,29H,1,9-10,15,17-18H2,2-6H3,(H,40,43)(H,41,45)(H,37,38,39)/t21-,23-,26+,29?,35-/m1/s1. The molecule has 17 heteroatoms. The number of hydrogen-bond acceptors (Lipinski definition) is 13. The zero-order valence-corrected chi connectivity index (χ0v) is 30.4. The number of fused-ring (bicyclic) bond motifs is 1. The third-order valence-electron chi connectivity index (χ3n) is 9.63. The average molecular weight is 738 g/mol. The van der Waals surface area contributed by atoms with Gasteiger partial charge in [-0.05, 0) is 54.8 Å². The monoisotopic (exact) mass is 737 g/mol. The normalized spacial score (nSPS) is 23.0. The first-order valence-electron chi connectivity index (χ1n) is 17.0. The third kappa shape index (κ3) is 7.40. The van der Waals surface area contributed by atoms with Crippen LogP contribution in [-0.2, 0) is 24.4 Å². The first-order valence-corrected chi connectivity index (χ1v) is 18.5. The van der Waals surface area contributed by atoms with Crippen LogP contribution in [0.1, 0.15) is 39.5 Å². The number of carbonyl (C=O) groups excluding carboxylic acids is 3. The van der Waals surface area contributed by atoms with Crippen LogP contribution in [-0.4, -0.2) is 103 Å². The molecule has 278 valence electrons. The van der Waals surface area contributed by atoms with E-state index in [0.717, 1.165) is 5.39 Å². The highest BCUT2D eigenvalue weighted by molar-refractivity contribution is 7.91. The van der Waals surface area contributed by atoms with Gasteiger partial charge in [-0.15, -0.1) is 6.58 Å². The molecule has 2 saturated carbocycles. The lowest BCUT2D eigenvalue weighted by Gasteiger charge is -2.31. The second-order valence-electron chi connectivity index (χ2n) is 13.5. The number of ether oxygens (including phenoxy) is 4. The molecule has 5 atom stereocenters. The number of nitrogens with one attached hydrogen (secondary N) is 3. The first kappa shape index (κ1) is 36.6. The van der Waals surface area contributed by atoms with Gasteiger partial charge in [-0.1, -0.05) is 19.9 Å². The maximum atomic E-state index is 14.5. The van der Waals surface area contributed by atoms with Gasteiger partial charge >= 0.3 is 0 Å². The van der Waals surface area contributed by atoms with Gasteiger partial charge in [0, 0.05) is 23.9 Å². The van der Waals surface area contributed by atoms with Crippen molar-refractivity contribution in [1.82, 2.24) is 29.9 Å². The van der Waals surface area contributed by atoms with Gasteiger partial charge in [0.25, 0.3) is 5.91 Å². The van der Waals surface area contributed by atoms with Crippen molar-refractivity contribution in [3.05, 3.63) is 49.2 Å². The first-order chi connectivity index (χ1) is 24.8. The molecule has 2 aliphatic carbocycles. The zero-order chi connectivity index (χ0) is 37.4. The fourth-order valence-corrected chi connectivity index (χ4v) is 7.77. The molecule has 52 heavy (non-hydrogen) atoms. The van der Waals surface area contributed by atoms with Gasteiger partial charge < -0.3 is 34.5 Å². The molecule has 0 radical (unpaired) electrons. The molecule has 0 bridgehead atoms. The van der Waals surface area contributed by atoms with Gasteiger partial charge in [-0.3, -0.25) is 19.1 Å². The summed E-state index contributed by atoms with van der Waals surface area (Å²) >= 11 is 0. The summed E-state index contributed by atoms with van der Waals surface area (Å²) in [6.07, 6.45) is 3.56. The summed E-state index contributed by atoms with van der Waals surface area (Å²) in [5, 5.41) is 6.79. The summed E-state index contributed by atoms with van der Waals surface area (Å²) in [6, 6.07) is 6.74. The van der Waals surface area contributed by atoms with E-state index in [-0.39, 0.29) is 43.0 Å². The van der Waals surface area contributed by atoms with Crippen molar-refractivity contribution < 1.29 is 41.7 Å². The lowest BCUT2D eigenvalue weighted by Crippen LogP contribution is -2.58. The van der Waals surface area contributed by atoms with Crippen LogP contribution in [0.2, 0.25) is 0 Å². The van der Waals surface area contributed by atoms with Crippen molar-refractivity contribution >= 4 is 44.5 Å². The summed E-state index contributed by atoms with van der Waals surface area (Å²) in [6.45, 7) is 7.44. The third-order valence-corrected chi connectivity index (χ3v) is 11.4. The highest BCUT2D eigenvalue weighted by Crippen LogP contribution is 2.45. The van der Waals surface area contributed by atoms with E-state index in [2.05, 4.69) is 36.9 Å². The number of aromatic nitrogens is 3. The Balaban J connectivity index is 1.30. The molecule has 3 amide bonds. The van der Waals surface area contributed by atoms with Crippen LogP contribution in [0, 0.1) is 11.8 Å². The molecule has 6 rings (SSSR count). The molecule has 2 aromatic heterocycles. The summed E-state index contributed by atoms with van der Waals surface area (Å²) < 4.78 is 49.8. The maximum absolute atomic E-state index is 14.5. The van der Waals surface area contributed by atoms with Crippen molar-refractivity contribution in [1.29, 1.82) is 0 Å². The van der Waals surface area contributed by atoms with Crippen LogP contribution in [0.5, 0.6) is 23.4 Å². The van der Waals surface area contributed by atoms with E-state index < -0.39 is 62.6 Å². The summed E-state index contributed by atoms with van der Waals surface area (Å²) in [5.74, 6) is -1.28. The number of likely N-dealkylation sites (tertiary alicyclic amines) is 1. The Morgan fingerprint density at radius 3 is 2.35 bits per heavy atom. The molecule has 1 saturated heterocycles. The Kier molecular flexibility index (Phi) is 10.2. The van der Waals surface area contributed by atoms with E-state index >= 15 is 0 Å². The Bertz CT molecular complexity index is 1970. The molecule has 3 aliphatic rings. The number of hydrogen-bond donors (Lipinski definition) is 3. The number of amides is 3. The second kappa shape index (κ2) is 14.4. The zero-order valence-electron chi connectivity index (χ0n) is 29.6. The van der Waals surface area contributed by atoms with Gasteiger partial charge in [0.05, 0.1) is 39.2 Å². The predicted molar refractivity (Wildman–Crippen MR) is 189 cm³/mol. The topological polar surface area (TPSA) is 200 Å². The number of pyridine rings is 1. The van der Waals surface area contributed by atoms with Gasteiger partial charge in [0.15, 0.2) is 0 Å². The maximum Gasteiger partial charge on any atom is 0.259 e. The van der Waals surface area contributed by atoms with E-state index in [0.29, 0.717) is 29.9 Å². The minimum Gasteiger partial charge on any atom is -0.497 e. The van der Waals surface area contributed by atoms with Crippen LogP contribution in [0.4, 0.5) is 5.95 Å². The highest BCUT2D eigenvalue weighted by Gasteiger charge is 2.62. The fraction of sp³-hybridized carbons (Fsp3) is 0.486. The fourth-order valence-electron chi connectivity index (χ4n) is 6.41. The molecular formula is C35H43N7O9S. The van der Waals surface area contributed by atoms with Gasteiger partial charge in [0.2, 0.25) is 45.4 Å². The van der Waals surface area contributed by atoms with E-state index in [1.54, 1.807) is 19.4 Å². The predicted octanol–water partition coefficient (Wildman–Crippen LogP) is 2.20. The number of benzene rings is 1. The Hall–Kier alpha value is -5.19. The average Bonchev–Trinajstić information content (AvgIpc) is 4.06. The molecule has 1 aliphatic heterocycles. The molecule has 16 nitrogen and oxygen atoms in total. The summed E-state index contributed by atoms with van der Waals surface area (Å²) in [4.78, 5) is 56.7. The smallest absolute Gasteiger partial charge is 0.259 e. The van der Waals surface area contributed by atoms with Crippen LogP contribution in [0.25, 0.3) is 10.8 Å². The molecule has 3 N–H and O–H groups in total. The van der Waals surface area contributed by atoms with Crippen molar-refractivity contribution in [2.75, 3.05) is 33.2 Å². The number of anilines is 1. The molecule has 3 heterocycles. The van der Waals surface area contributed by atoms with E-state index in [9.17, 15) is 22.8 Å². The number of rotatable bonds is 15. The Morgan fingerprint density at radius 1 is 1.04 bits per heavy atom. The quantitative estimate of drug-likeness (QED) is 0.192. The van der Waals surface area contributed by atoms with Crippen molar-refractivity contribution in [2.45, 2.75) is 68.5 Å². The molecule has 3 aromatic rings. The van der Waals surface area contributed by atoms with Crippen LogP contribution < -0.4 is 34.3 Å². The van der Waals surface area contributed by atoms with Crippen molar-refractivity contribution in [2.24, 2.45) is 11.8 Å². The van der Waals surface area contributed by atoms with Crippen LogP contribution >= 0.6 is 0 Å². The van der Waals surface area contributed by atoms with E-state index in [4.69, 9.17) is 18.9 Å². The van der Waals surface area contributed by atoms with Crippen molar-refractivity contribution in [3.8, 4) is 23.4 Å². The minimum atomic E-state index is -3.89. The van der Waals surface area contributed by atoms with Gasteiger partial charge in [-0.25, -0.2) is 13.4 Å². The van der Waals surface area contributed by atoms with E-state index in [1.165, 1.54) is 31.3 Å². The number of carbonyl (C=O) groups is 3. The summed E-state index contributed by atoms with van der Waals surface area (Å²) in [5.41, 5.74) is -1.54. The molecule has 1 unspecified atom stereocenters. The largest absolute Gasteiger partial charge is 0.497 e. The highest BCUT2D eigenvalue weighted by atomic mass is 32.2. The van der Waals surface area contributed by atoms with Crippen LogP contribution in [0.15, 0.2) is 49.2 Å². The Morgan fingerprint density at radius 2 is 1.75 bits per heavy atom. The van der Waals surface area contributed by atoms with Gasteiger partial charge in [-0.2, -0.15) is 9.97 Å².